The van der Waals surface area contributed by atoms with Gasteiger partial charge in [0.05, 0.1) is 0 Å². The molecule has 1 fully saturated rings. The van der Waals surface area contributed by atoms with Crippen LogP contribution in [0.1, 0.15) is 31.4 Å². The molecule has 106 valence electrons. The number of hydrogen-bond donors (Lipinski definition) is 2. The first-order valence-corrected chi connectivity index (χ1v) is 7.19. The van der Waals surface area contributed by atoms with Gasteiger partial charge < -0.3 is 10.1 Å². The zero-order valence-electron chi connectivity index (χ0n) is 11.7. The van der Waals surface area contributed by atoms with Crippen LogP contribution in [0, 0.1) is 5.92 Å². The van der Waals surface area contributed by atoms with Gasteiger partial charge in [-0.3, -0.25) is 9.69 Å². The number of hydrogen-bond acceptors (Lipinski definition) is 2. The average Bonchev–Trinajstić information content (AvgIpc) is 2.83. The van der Waals surface area contributed by atoms with Crippen LogP contribution in [-0.2, 0) is 4.79 Å². The monoisotopic (exact) mass is 272 g/mol. The van der Waals surface area contributed by atoms with Gasteiger partial charge in [-0.25, -0.2) is 0 Å². The summed E-state index contributed by atoms with van der Waals surface area (Å²) < 4.78 is 0. The van der Waals surface area contributed by atoms with E-state index in [1.165, 1.54) is 6.42 Å². The number of fused-ring (bicyclic) bond motifs is 1. The fraction of sp³-hybridized carbons (Fsp3) is 0.438. The lowest BCUT2D eigenvalue weighted by Crippen LogP contribution is -2.40. The van der Waals surface area contributed by atoms with Gasteiger partial charge in [0.1, 0.15) is 6.04 Å². The van der Waals surface area contributed by atoms with Crippen molar-refractivity contribution in [3.63, 3.8) is 0 Å². The average molecular weight is 272 g/mol. The molecule has 3 rings (SSSR count). The molecule has 2 aromatic rings. The van der Waals surface area contributed by atoms with Crippen molar-refractivity contribution in [2.24, 2.45) is 5.92 Å². The molecule has 1 aliphatic heterocycles. The van der Waals surface area contributed by atoms with Gasteiger partial charge in [-0.05, 0) is 31.4 Å². The molecule has 2 heterocycles. The second kappa shape index (κ2) is 5.29. The summed E-state index contributed by atoms with van der Waals surface area (Å²) >= 11 is 0. The highest BCUT2D eigenvalue weighted by molar-refractivity contribution is 5.89. The molecule has 0 aliphatic carbocycles. The standard InChI is InChI=1S/C16H20N2O2/c1-11-5-4-8-18(10-11)15(16(19)20)13-9-17-14-7-3-2-6-12(13)14/h2-3,6-7,9,11,15,17H,4-5,8,10H2,1H3,(H,19,20). The molecule has 0 radical (unpaired) electrons. The minimum absolute atomic E-state index is 0.547. The third-order valence-electron chi connectivity index (χ3n) is 4.20. The van der Waals surface area contributed by atoms with Crippen LogP contribution >= 0.6 is 0 Å². The number of aliphatic carboxylic acids is 1. The summed E-state index contributed by atoms with van der Waals surface area (Å²) in [6.45, 7) is 3.91. The second-order valence-electron chi connectivity index (χ2n) is 5.77. The Morgan fingerprint density at radius 3 is 3.00 bits per heavy atom. The Morgan fingerprint density at radius 2 is 2.25 bits per heavy atom. The molecule has 0 bridgehead atoms. The predicted octanol–water partition coefficient (Wildman–Crippen LogP) is 3.03. The lowest BCUT2D eigenvalue weighted by atomic mass is 9.96. The van der Waals surface area contributed by atoms with Gasteiger partial charge in [-0.15, -0.1) is 0 Å². The fourth-order valence-corrected chi connectivity index (χ4v) is 3.27. The first kappa shape index (κ1) is 13.2. The Bertz CT molecular complexity index is 620. The van der Waals surface area contributed by atoms with Gasteiger partial charge in [0.15, 0.2) is 0 Å². The molecule has 4 heteroatoms. The Labute approximate surface area is 118 Å². The van der Waals surface area contributed by atoms with Crippen LogP contribution in [0.2, 0.25) is 0 Å². The summed E-state index contributed by atoms with van der Waals surface area (Å²) in [6.07, 6.45) is 4.12. The zero-order valence-corrected chi connectivity index (χ0v) is 11.7. The summed E-state index contributed by atoms with van der Waals surface area (Å²) in [5, 5.41) is 10.7. The molecule has 2 N–H and O–H groups in total. The van der Waals surface area contributed by atoms with Gasteiger partial charge >= 0.3 is 5.97 Å². The van der Waals surface area contributed by atoms with Crippen LogP contribution in [0.25, 0.3) is 10.9 Å². The number of H-pyrrole nitrogens is 1. The van der Waals surface area contributed by atoms with Crippen LogP contribution in [0.15, 0.2) is 30.5 Å². The van der Waals surface area contributed by atoms with E-state index < -0.39 is 12.0 Å². The maximum atomic E-state index is 11.8. The van der Waals surface area contributed by atoms with E-state index >= 15 is 0 Å². The molecular weight excluding hydrogens is 252 g/mol. The SMILES string of the molecule is CC1CCCN(C(C(=O)O)c2c[nH]c3ccccc23)C1. The molecule has 1 aromatic carbocycles. The first-order chi connectivity index (χ1) is 9.66. The van der Waals surface area contributed by atoms with E-state index in [4.69, 9.17) is 0 Å². The smallest absolute Gasteiger partial charge is 0.325 e. The van der Waals surface area contributed by atoms with Crippen LogP contribution in [-0.4, -0.2) is 34.0 Å². The van der Waals surface area contributed by atoms with Crippen molar-refractivity contribution >= 4 is 16.9 Å². The zero-order chi connectivity index (χ0) is 14.1. The van der Waals surface area contributed by atoms with E-state index in [9.17, 15) is 9.90 Å². The van der Waals surface area contributed by atoms with Gasteiger partial charge in [0.2, 0.25) is 0 Å². The van der Waals surface area contributed by atoms with Crippen molar-refractivity contribution in [1.82, 2.24) is 9.88 Å². The van der Waals surface area contributed by atoms with Gasteiger partial charge in [0, 0.05) is 29.2 Å². The largest absolute Gasteiger partial charge is 0.480 e. The normalized spacial score (nSPS) is 21.9. The van der Waals surface area contributed by atoms with Crippen molar-refractivity contribution in [2.45, 2.75) is 25.8 Å². The minimum Gasteiger partial charge on any atom is -0.480 e. The van der Waals surface area contributed by atoms with Crippen molar-refractivity contribution in [3.8, 4) is 0 Å². The number of nitrogens with one attached hydrogen (secondary N) is 1. The van der Waals surface area contributed by atoms with Crippen LogP contribution in [0.4, 0.5) is 0 Å². The second-order valence-corrected chi connectivity index (χ2v) is 5.77. The number of nitrogens with zero attached hydrogens (tertiary/aromatic N) is 1. The molecule has 1 saturated heterocycles. The van der Waals surface area contributed by atoms with Crippen LogP contribution in [0.3, 0.4) is 0 Å². The molecular formula is C16H20N2O2. The van der Waals surface area contributed by atoms with Crippen molar-refractivity contribution in [3.05, 3.63) is 36.0 Å². The van der Waals surface area contributed by atoms with Crippen LogP contribution < -0.4 is 0 Å². The molecule has 1 aliphatic rings. The number of aromatic amines is 1. The van der Waals surface area contributed by atoms with E-state index in [2.05, 4.69) is 16.8 Å². The van der Waals surface area contributed by atoms with Crippen LogP contribution in [0.5, 0.6) is 0 Å². The van der Waals surface area contributed by atoms with Crippen molar-refractivity contribution < 1.29 is 9.90 Å². The molecule has 0 spiro atoms. The maximum absolute atomic E-state index is 11.8. The van der Waals surface area contributed by atoms with Crippen molar-refractivity contribution in [2.75, 3.05) is 13.1 Å². The van der Waals surface area contributed by atoms with E-state index in [1.807, 2.05) is 30.5 Å². The number of para-hydroxylation sites is 1. The van der Waals surface area contributed by atoms with Crippen molar-refractivity contribution in [1.29, 1.82) is 0 Å². The molecule has 4 nitrogen and oxygen atoms in total. The Morgan fingerprint density at radius 1 is 1.45 bits per heavy atom. The van der Waals surface area contributed by atoms with E-state index in [0.717, 1.165) is 36.0 Å². The lowest BCUT2D eigenvalue weighted by Gasteiger charge is -2.35. The highest BCUT2D eigenvalue weighted by atomic mass is 16.4. The third kappa shape index (κ3) is 2.31. The maximum Gasteiger partial charge on any atom is 0.325 e. The molecule has 0 amide bonds. The number of carboxylic acid groups (broad SMARTS) is 1. The Hall–Kier alpha value is -1.81. The summed E-state index contributed by atoms with van der Waals surface area (Å²) in [4.78, 5) is 17.1. The number of carbonyl (C=O) groups is 1. The Balaban J connectivity index is 2.00. The molecule has 1 aromatic heterocycles. The van der Waals surface area contributed by atoms with Gasteiger partial charge in [0.25, 0.3) is 0 Å². The molecule has 2 atom stereocenters. The summed E-state index contributed by atoms with van der Waals surface area (Å²) in [6, 6.07) is 7.34. The third-order valence-corrected chi connectivity index (χ3v) is 4.20. The number of likely N-dealkylation sites (tertiary alicyclic amines) is 1. The van der Waals surface area contributed by atoms with E-state index in [1.54, 1.807) is 0 Å². The van der Waals surface area contributed by atoms with Gasteiger partial charge in [-0.1, -0.05) is 25.1 Å². The summed E-state index contributed by atoms with van der Waals surface area (Å²) in [7, 11) is 0. The number of rotatable bonds is 3. The predicted molar refractivity (Wildman–Crippen MR) is 78.6 cm³/mol. The number of aromatic nitrogens is 1. The topological polar surface area (TPSA) is 56.3 Å². The highest BCUT2D eigenvalue weighted by Crippen LogP contribution is 2.31. The van der Waals surface area contributed by atoms with E-state index in [-0.39, 0.29) is 0 Å². The Kier molecular flexibility index (Phi) is 3.49. The summed E-state index contributed by atoms with van der Waals surface area (Å²) in [5.41, 5.74) is 1.88. The summed E-state index contributed by atoms with van der Waals surface area (Å²) in [5.74, 6) is -0.195. The molecule has 20 heavy (non-hydrogen) atoms. The molecule has 2 unspecified atom stereocenters. The minimum atomic E-state index is -0.760. The number of benzene rings is 1. The lowest BCUT2D eigenvalue weighted by molar-refractivity contribution is -0.144. The number of piperidine rings is 1. The fourth-order valence-electron chi connectivity index (χ4n) is 3.27. The highest BCUT2D eigenvalue weighted by Gasteiger charge is 2.32. The molecule has 0 saturated carbocycles. The van der Waals surface area contributed by atoms with Gasteiger partial charge in [-0.2, -0.15) is 0 Å². The number of carboxylic acids is 1. The van der Waals surface area contributed by atoms with E-state index in [0.29, 0.717) is 5.92 Å². The quantitative estimate of drug-likeness (QED) is 0.903. The first-order valence-electron chi connectivity index (χ1n) is 7.19.